The van der Waals surface area contributed by atoms with E-state index in [1.807, 2.05) is 0 Å². The highest BCUT2D eigenvalue weighted by atomic mass is 19.1. The fourth-order valence-corrected chi connectivity index (χ4v) is 1.55. The van der Waals surface area contributed by atoms with Crippen molar-refractivity contribution in [3.8, 4) is 0 Å². The van der Waals surface area contributed by atoms with Gasteiger partial charge in [0.25, 0.3) is 0 Å². The van der Waals surface area contributed by atoms with E-state index >= 15 is 0 Å². The van der Waals surface area contributed by atoms with Gasteiger partial charge in [0, 0.05) is 18.9 Å². The van der Waals surface area contributed by atoms with Gasteiger partial charge in [0.1, 0.15) is 5.82 Å². The van der Waals surface area contributed by atoms with E-state index < -0.39 is 5.97 Å². The smallest absolute Gasteiger partial charge is 0.220 e. The van der Waals surface area contributed by atoms with Crippen LogP contribution in [0.4, 0.5) is 4.39 Å². The molecule has 5 heteroatoms. The van der Waals surface area contributed by atoms with Crippen LogP contribution < -0.4 is 10.4 Å². The first-order valence-corrected chi connectivity index (χ1v) is 5.68. The zero-order chi connectivity index (χ0) is 13.5. The number of carboxylic acids is 1. The molecule has 0 aliphatic carbocycles. The molecule has 1 atom stereocenters. The first-order valence-electron chi connectivity index (χ1n) is 5.68. The normalized spacial score (nSPS) is 11.9. The monoisotopic (exact) mass is 252 g/mol. The Bertz CT molecular complexity index is 417. The molecule has 0 heterocycles. The van der Waals surface area contributed by atoms with Crippen LogP contribution in [0.3, 0.4) is 0 Å². The summed E-state index contributed by atoms with van der Waals surface area (Å²) in [6.45, 7) is 1.98. The quantitative estimate of drug-likeness (QED) is 0.806. The van der Waals surface area contributed by atoms with Crippen molar-refractivity contribution in [1.29, 1.82) is 0 Å². The summed E-state index contributed by atoms with van der Waals surface area (Å²) in [5.74, 6) is -1.97. The van der Waals surface area contributed by atoms with Gasteiger partial charge >= 0.3 is 0 Å². The molecule has 0 aromatic heterocycles. The van der Waals surface area contributed by atoms with Gasteiger partial charge in [0.05, 0.1) is 0 Å². The molecule has 0 bridgehead atoms. The Balaban J connectivity index is 2.32. The van der Waals surface area contributed by atoms with Gasteiger partial charge in [-0.2, -0.15) is 0 Å². The molecule has 1 aromatic rings. The molecule has 1 aromatic carbocycles. The predicted molar refractivity (Wildman–Crippen MR) is 61.7 cm³/mol. The van der Waals surface area contributed by atoms with Crippen molar-refractivity contribution in [2.75, 3.05) is 0 Å². The lowest BCUT2D eigenvalue weighted by Crippen LogP contribution is -2.28. The van der Waals surface area contributed by atoms with Gasteiger partial charge in [-0.15, -0.1) is 0 Å². The lowest BCUT2D eigenvalue weighted by Gasteiger charge is -2.12. The maximum atomic E-state index is 12.6. The molecular weight excluding hydrogens is 237 g/mol. The number of rotatable bonds is 6. The fraction of sp³-hybridized carbons (Fsp3) is 0.385. The molecule has 1 N–H and O–H groups in total. The fourth-order valence-electron chi connectivity index (χ4n) is 1.55. The molecule has 18 heavy (non-hydrogen) atoms. The average molecular weight is 252 g/mol. The number of hydrogen-bond donors (Lipinski definition) is 1. The second kappa shape index (κ2) is 6.74. The van der Waals surface area contributed by atoms with Crippen LogP contribution in [-0.2, 0) is 16.1 Å². The third-order valence-corrected chi connectivity index (χ3v) is 2.45. The van der Waals surface area contributed by atoms with E-state index in [0.29, 0.717) is 6.54 Å². The standard InChI is InChI=1S/C13H16FNO3/c1-9(7-13(17)18)6-12(16)15-8-10-2-4-11(14)5-3-10/h2-5,9H,6-8H2,1H3,(H,15,16)(H,17,18)/p-1/t9-/m1/s1. The van der Waals surface area contributed by atoms with Crippen LogP contribution in [-0.4, -0.2) is 11.9 Å². The van der Waals surface area contributed by atoms with Gasteiger partial charge in [-0.05, 0) is 30.0 Å². The molecule has 1 rings (SSSR count). The molecule has 0 aliphatic rings. The second-order valence-electron chi connectivity index (χ2n) is 4.29. The number of aliphatic carboxylic acids is 1. The van der Waals surface area contributed by atoms with Crippen LogP contribution in [0, 0.1) is 11.7 Å². The molecule has 0 saturated carbocycles. The maximum absolute atomic E-state index is 12.6. The first kappa shape index (κ1) is 14.2. The van der Waals surface area contributed by atoms with Crippen LogP contribution >= 0.6 is 0 Å². The average Bonchev–Trinajstić information content (AvgIpc) is 2.27. The summed E-state index contributed by atoms with van der Waals surface area (Å²) in [4.78, 5) is 21.8. The lowest BCUT2D eigenvalue weighted by atomic mass is 10.0. The van der Waals surface area contributed by atoms with Gasteiger partial charge in [0.15, 0.2) is 0 Å². The van der Waals surface area contributed by atoms with Crippen LogP contribution in [0.1, 0.15) is 25.3 Å². The molecule has 0 radical (unpaired) electrons. The number of benzene rings is 1. The van der Waals surface area contributed by atoms with Gasteiger partial charge in [-0.3, -0.25) is 4.79 Å². The zero-order valence-corrected chi connectivity index (χ0v) is 10.1. The lowest BCUT2D eigenvalue weighted by molar-refractivity contribution is -0.306. The van der Waals surface area contributed by atoms with Crippen molar-refractivity contribution in [2.24, 2.45) is 5.92 Å². The molecular formula is C13H15FNO3-. The van der Waals surface area contributed by atoms with E-state index in [9.17, 15) is 19.1 Å². The van der Waals surface area contributed by atoms with Crippen molar-refractivity contribution >= 4 is 11.9 Å². The van der Waals surface area contributed by atoms with E-state index in [-0.39, 0.29) is 30.5 Å². The number of carboxylic acid groups (broad SMARTS) is 1. The summed E-state index contributed by atoms with van der Waals surface area (Å²) in [5, 5.41) is 13.0. The zero-order valence-electron chi connectivity index (χ0n) is 10.1. The van der Waals surface area contributed by atoms with Crippen molar-refractivity contribution in [3.63, 3.8) is 0 Å². The third-order valence-electron chi connectivity index (χ3n) is 2.45. The largest absolute Gasteiger partial charge is 0.550 e. The number of halogens is 1. The Morgan fingerprint density at radius 2 is 1.89 bits per heavy atom. The van der Waals surface area contributed by atoms with Crippen molar-refractivity contribution < 1.29 is 19.1 Å². The van der Waals surface area contributed by atoms with Crippen molar-refractivity contribution in [1.82, 2.24) is 5.32 Å². The van der Waals surface area contributed by atoms with E-state index in [1.165, 1.54) is 12.1 Å². The summed E-state index contributed by atoms with van der Waals surface area (Å²) in [5.41, 5.74) is 0.789. The van der Waals surface area contributed by atoms with E-state index in [0.717, 1.165) is 5.56 Å². The van der Waals surface area contributed by atoms with Gasteiger partial charge in [-0.1, -0.05) is 19.1 Å². The highest BCUT2D eigenvalue weighted by molar-refractivity contribution is 5.76. The predicted octanol–water partition coefficient (Wildman–Crippen LogP) is 0.608. The SMILES string of the molecule is C[C@@H](CC(=O)[O-])CC(=O)NCc1ccc(F)cc1. The second-order valence-corrected chi connectivity index (χ2v) is 4.29. The van der Waals surface area contributed by atoms with Gasteiger partial charge < -0.3 is 15.2 Å². The summed E-state index contributed by atoms with van der Waals surface area (Å²) in [7, 11) is 0. The summed E-state index contributed by atoms with van der Waals surface area (Å²) >= 11 is 0. The van der Waals surface area contributed by atoms with Gasteiger partial charge in [-0.25, -0.2) is 4.39 Å². The highest BCUT2D eigenvalue weighted by Crippen LogP contribution is 2.07. The third kappa shape index (κ3) is 5.43. The molecule has 4 nitrogen and oxygen atoms in total. The number of carbonyl (C=O) groups is 2. The summed E-state index contributed by atoms with van der Waals surface area (Å²) < 4.78 is 12.6. The molecule has 98 valence electrons. The number of hydrogen-bond acceptors (Lipinski definition) is 3. The van der Waals surface area contributed by atoms with E-state index in [4.69, 9.17) is 0 Å². The Morgan fingerprint density at radius 3 is 2.44 bits per heavy atom. The molecule has 0 aliphatic heterocycles. The Hall–Kier alpha value is -1.91. The number of nitrogens with one attached hydrogen (secondary N) is 1. The van der Waals surface area contributed by atoms with E-state index in [2.05, 4.69) is 5.32 Å². The van der Waals surface area contributed by atoms with E-state index in [1.54, 1.807) is 19.1 Å². The highest BCUT2D eigenvalue weighted by Gasteiger charge is 2.09. The minimum atomic E-state index is -1.16. The van der Waals surface area contributed by atoms with Crippen LogP contribution in [0.25, 0.3) is 0 Å². The maximum Gasteiger partial charge on any atom is 0.220 e. The minimum absolute atomic E-state index is 0.134. The Labute approximate surface area is 105 Å². The molecule has 0 unspecified atom stereocenters. The molecule has 0 saturated heterocycles. The van der Waals surface area contributed by atoms with Crippen LogP contribution in [0.15, 0.2) is 24.3 Å². The summed E-state index contributed by atoms with van der Waals surface area (Å²) in [6, 6.07) is 5.81. The number of amides is 1. The Kier molecular flexibility index (Phi) is 5.30. The minimum Gasteiger partial charge on any atom is -0.550 e. The van der Waals surface area contributed by atoms with Crippen molar-refractivity contribution in [2.45, 2.75) is 26.3 Å². The summed E-state index contributed by atoms with van der Waals surface area (Å²) in [6.07, 6.45) is -0.000850. The van der Waals surface area contributed by atoms with Crippen LogP contribution in [0.5, 0.6) is 0 Å². The molecule has 0 spiro atoms. The molecule has 0 fully saturated rings. The molecule has 1 amide bonds. The van der Waals surface area contributed by atoms with Gasteiger partial charge in [0.2, 0.25) is 5.91 Å². The topological polar surface area (TPSA) is 69.2 Å². The van der Waals surface area contributed by atoms with Crippen LogP contribution in [0.2, 0.25) is 0 Å². The first-order chi connectivity index (χ1) is 8.47. The Morgan fingerprint density at radius 1 is 1.28 bits per heavy atom. The van der Waals surface area contributed by atoms with Crippen molar-refractivity contribution in [3.05, 3.63) is 35.6 Å². The number of carbonyl (C=O) groups excluding carboxylic acids is 2.